The van der Waals surface area contributed by atoms with Gasteiger partial charge in [0.05, 0.1) is 4.47 Å². The molecule has 104 valence electrons. The second kappa shape index (κ2) is 5.66. The number of carbonyl (C=O) groups excluding carboxylic acids is 1. The smallest absolute Gasteiger partial charge is 0.255 e. The van der Waals surface area contributed by atoms with Gasteiger partial charge in [0.1, 0.15) is 17.5 Å². The van der Waals surface area contributed by atoms with Crippen LogP contribution in [0.5, 0.6) is 0 Å². The molecule has 0 aromatic heterocycles. The number of amides is 1. The van der Waals surface area contributed by atoms with Crippen molar-refractivity contribution < 1.29 is 18.0 Å². The predicted octanol–water partition coefficient (Wildman–Crippen LogP) is 4.43. The van der Waals surface area contributed by atoms with Crippen molar-refractivity contribution in [3.63, 3.8) is 0 Å². The number of rotatable bonds is 2. The first-order valence-corrected chi connectivity index (χ1v) is 6.39. The van der Waals surface area contributed by atoms with Gasteiger partial charge < -0.3 is 5.32 Å². The molecule has 1 N–H and O–H groups in total. The zero-order valence-electron chi connectivity index (χ0n) is 10.3. The number of benzene rings is 2. The van der Waals surface area contributed by atoms with Gasteiger partial charge in [-0.3, -0.25) is 4.79 Å². The number of anilines is 1. The highest BCUT2D eigenvalue weighted by Gasteiger charge is 2.12. The lowest BCUT2D eigenvalue weighted by molar-refractivity contribution is 0.102. The Labute approximate surface area is 121 Å². The van der Waals surface area contributed by atoms with Gasteiger partial charge in [-0.25, -0.2) is 13.2 Å². The molecule has 0 spiro atoms. The third-order valence-electron chi connectivity index (χ3n) is 2.64. The second-order valence-electron chi connectivity index (χ2n) is 4.19. The van der Waals surface area contributed by atoms with E-state index < -0.39 is 23.4 Å². The fraction of sp³-hybridized carbons (Fsp3) is 0.0714. The van der Waals surface area contributed by atoms with Gasteiger partial charge in [-0.2, -0.15) is 0 Å². The molecule has 0 saturated heterocycles. The van der Waals surface area contributed by atoms with Crippen molar-refractivity contribution in [3.8, 4) is 0 Å². The lowest BCUT2D eigenvalue weighted by atomic mass is 10.1. The Morgan fingerprint density at radius 1 is 1.05 bits per heavy atom. The molecule has 1 amide bonds. The molecule has 0 fully saturated rings. The lowest BCUT2D eigenvalue weighted by Gasteiger charge is -2.09. The number of nitrogens with one attached hydrogen (secondary N) is 1. The monoisotopic (exact) mass is 343 g/mol. The molecule has 2 nitrogen and oxygen atoms in total. The lowest BCUT2D eigenvalue weighted by Crippen LogP contribution is -2.13. The highest BCUT2D eigenvalue weighted by atomic mass is 79.9. The first-order chi connectivity index (χ1) is 9.36. The summed E-state index contributed by atoms with van der Waals surface area (Å²) in [7, 11) is 0. The predicted molar refractivity (Wildman–Crippen MR) is 73.1 cm³/mol. The van der Waals surface area contributed by atoms with Crippen LogP contribution >= 0.6 is 15.9 Å². The molecular formula is C14H9BrF3NO. The van der Waals surface area contributed by atoms with Gasteiger partial charge in [0.15, 0.2) is 0 Å². The molecule has 0 aliphatic carbocycles. The number of aryl methyl sites for hydroxylation is 1. The topological polar surface area (TPSA) is 29.1 Å². The van der Waals surface area contributed by atoms with E-state index >= 15 is 0 Å². The minimum absolute atomic E-state index is 0.176. The Morgan fingerprint density at radius 2 is 1.65 bits per heavy atom. The van der Waals surface area contributed by atoms with Crippen molar-refractivity contribution >= 4 is 27.5 Å². The fourth-order valence-corrected chi connectivity index (χ4v) is 2.12. The zero-order chi connectivity index (χ0) is 14.9. The maximum absolute atomic E-state index is 13.4. The summed E-state index contributed by atoms with van der Waals surface area (Å²) in [5.74, 6) is -2.97. The van der Waals surface area contributed by atoms with E-state index in [4.69, 9.17) is 0 Å². The van der Waals surface area contributed by atoms with Gasteiger partial charge in [-0.1, -0.05) is 0 Å². The number of hydrogen-bond donors (Lipinski definition) is 1. The van der Waals surface area contributed by atoms with E-state index in [9.17, 15) is 18.0 Å². The highest BCUT2D eigenvalue weighted by molar-refractivity contribution is 9.10. The molecule has 0 heterocycles. The first kappa shape index (κ1) is 14.6. The molecule has 2 rings (SSSR count). The molecule has 0 aliphatic heterocycles. The number of halogens is 4. The van der Waals surface area contributed by atoms with Crippen molar-refractivity contribution in [3.05, 3.63) is 63.4 Å². The van der Waals surface area contributed by atoms with Crippen LogP contribution in [0.3, 0.4) is 0 Å². The highest BCUT2D eigenvalue weighted by Crippen LogP contribution is 2.24. The van der Waals surface area contributed by atoms with E-state index in [1.54, 1.807) is 6.92 Å². The average Bonchev–Trinajstić information content (AvgIpc) is 2.34. The summed E-state index contributed by atoms with van der Waals surface area (Å²) >= 11 is 3.02. The van der Waals surface area contributed by atoms with E-state index in [1.807, 2.05) is 0 Å². The summed E-state index contributed by atoms with van der Waals surface area (Å²) in [6.45, 7) is 1.67. The third kappa shape index (κ3) is 3.19. The van der Waals surface area contributed by atoms with Crippen molar-refractivity contribution in [2.75, 3.05) is 5.32 Å². The first-order valence-electron chi connectivity index (χ1n) is 5.60. The summed E-state index contributed by atoms with van der Waals surface area (Å²) in [4.78, 5) is 11.9. The molecule has 0 unspecified atom stereocenters. The van der Waals surface area contributed by atoms with Gasteiger partial charge in [-0.15, -0.1) is 0 Å². The molecule has 0 atom stereocenters. The summed E-state index contributed by atoms with van der Waals surface area (Å²) in [6.07, 6.45) is 0. The molecule has 20 heavy (non-hydrogen) atoms. The molecule has 0 saturated carbocycles. The van der Waals surface area contributed by atoms with Gasteiger partial charge >= 0.3 is 0 Å². The molecule has 0 aliphatic rings. The van der Waals surface area contributed by atoms with Crippen LogP contribution in [0.15, 0.2) is 34.8 Å². The van der Waals surface area contributed by atoms with Crippen molar-refractivity contribution in [2.24, 2.45) is 0 Å². The van der Waals surface area contributed by atoms with Crippen LogP contribution < -0.4 is 5.32 Å². The van der Waals surface area contributed by atoms with Crippen LogP contribution in [-0.2, 0) is 0 Å². The van der Waals surface area contributed by atoms with Gasteiger partial charge in [-0.05, 0) is 52.7 Å². The van der Waals surface area contributed by atoms with Crippen LogP contribution in [0.4, 0.5) is 18.9 Å². The maximum atomic E-state index is 13.4. The largest absolute Gasteiger partial charge is 0.322 e. The van der Waals surface area contributed by atoms with Crippen molar-refractivity contribution in [2.45, 2.75) is 6.92 Å². The van der Waals surface area contributed by atoms with Gasteiger partial charge in [0.25, 0.3) is 5.91 Å². The SMILES string of the molecule is Cc1cc(Br)c(F)cc1NC(=O)c1cc(F)cc(F)c1. The third-order valence-corrected chi connectivity index (χ3v) is 3.25. The molecule has 0 bridgehead atoms. The Balaban J connectivity index is 2.30. The Kier molecular flexibility index (Phi) is 4.13. The zero-order valence-corrected chi connectivity index (χ0v) is 11.9. The summed E-state index contributed by atoms with van der Waals surface area (Å²) in [5.41, 5.74) is 0.675. The summed E-state index contributed by atoms with van der Waals surface area (Å²) < 4.78 is 39.8. The Morgan fingerprint density at radius 3 is 2.25 bits per heavy atom. The van der Waals surface area contributed by atoms with Crippen molar-refractivity contribution in [1.29, 1.82) is 0 Å². The van der Waals surface area contributed by atoms with E-state index in [-0.39, 0.29) is 15.7 Å². The minimum atomic E-state index is -0.853. The molecule has 2 aromatic carbocycles. The van der Waals surface area contributed by atoms with E-state index in [2.05, 4.69) is 21.2 Å². The average molecular weight is 344 g/mol. The summed E-state index contributed by atoms with van der Waals surface area (Å²) in [6, 6.07) is 5.11. The van der Waals surface area contributed by atoms with Crippen LogP contribution in [0.1, 0.15) is 15.9 Å². The van der Waals surface area contributed by atoms with Crippen LogP contribution in [-0.4, -0.2) is 5.91 Å². The van der Waals surface area contributed by atoms with Crippen LogP contribution in [0.2, 0.25) is 0 Å². The van der Waals surface area contributed by atoms with Crippen molar-refractivity contribution in [1.82, 2.24) is 0 Å². The fourth-order valence-electron chi connectivity index (χ4n) is 1.66. The Hall–Kier alpha value is -1.82. The van der Waals surface area contributed by atoms with E-state index in [0.717, 1.165) is 18.2 Å². The van der Waals surface area contributed by atoms with Crippen LogP contribution in [0.25, 0.3) is 0 Å². The maximum Gasteiger partial charge on any atom is 0.255 e. The molecule has 2 aromatic rings. The van der Waals surface area contributed by atoms with E-state index in [1.165, 1.54) is 6.07 Å². The molecule has 0 radical (unpaired) electrons. The van der Waals surface area contributed by atoms with Crippen LogP contribution in [0, 0.1) is 24.4 Å². The van der Waals surface area contributed by atoms with Gasteiger partial charge in [0.2, 0.25) is 0 Å². The second-order valence-corrected chi connectivity index (χ2v) is 5.05. The molecule has 6 heteroatoms. The normalized spacial score (nSPS) is 10.4. The number of carbonyl (C=O) groups is 1. The molecular weight excluding hydrogens is 335 g/mol. The Bertz CT molecular complexity index is 668. The standard InChI is InChI=1S/C14H9BrF3NO/c1-7-2-11(15)12(18)6-13(7)19-14(20)8-3-9(16)5-10(17)4-8/h2-6H,1H3,(H,19,20). The quantitative estimate of drug-likeness (QED) is 0.858. The van der Waals surface area contributed by atoms with E-state index in [0.29, 0.717) is 11.6 Å². The summed E-state index contributed by atoms with van der Waals surface area (Å²) in [5, 5.41) is 2.42. The minimum Gasteiger partial charge on any atom is -0.322 e. The number of hydrogen-bond acceptors (Lipinski definition) is 1. The van der Waals surface area contributed by atoms with Gasteiger partial charge in [0, 0.05) is 17.3 Å².